The average molecular weight is 347 g/mol. The molecule has 0 fully saturated rings. The van der Waals surface area contributed by atoms with Crippen molar-refractivity contribution in [2.75, 3.05) is 0 Å². The zero-order valence-corrected chi connectivity index (χ0v) is 12.1. The van der Waals surface area contributed by atoms with Crippen LogP contribution in [-0.2, 0) is 4.79 Å². The van der Waals surface area contributed by atoms with Crippen molar-refractivity contribution in [3.8, 4) is 16.9 Å². The molecule has 0 heterocycles. The maximum absolute atomic E-state index is 12.5. The van der Waals surface area contributed by atoms with E-state index in [2.05, 4.69) is 4.74 Å². The van der Waals surface area contributed by atoms with E-state index in [0.717, 1.165) is 6.07 Å². The Morgan fingerprint density at radius 2 is 1.78 bits per heavy atom. The SMILES string of the molecule is O=C(O)C(O)c1ccc(Cl)c(-c2ccccc2OC(F)(F)F)c1. The van der Waals surface area contributed by atoms with Crippen LogP contribution in [0.15, 0.2) is 42.5 Å². The number of rotatable bonds is 4. The molecule has 0 saturated heterocycles. The molecule has 23 heavy (non-hydrogen) atoms. The van der Waals surface area contributed by atoms with Crippen LogP contribution in [0, 0.1) is 0 Å². The van der Waals surface area contributed by atoms with Gasteiger partial charge in [-0.15, -0.1) is 13.2 Å². The summed E-state index contributed by atoms with van der Waals surface area (Å²) in [6.07, 6.45) is -6.71. The van der Waals surface area contributed by atoms with E-state index in [1.807, 2.05) is 0 Å². The van der Waals surface area contributed by atoms with Gasteiger partial charge in [-0.05, 0) is 23.8 Å². The number of carboxylic acids is 1. The molecule has 0 aliphatic rings. The molecule has 0 radical (unpaired) electrons. The van der Waals surface area contributed by atoms with E-state index in [9.17, 15) is 23.1 Å². The number of hydrogen-bond donors (Lipinski definition) is 2. The summed E-state index contributed by atoms with van der Waals surface area (Å²) in [6, 6.07) is 9.07. The van der Waals surface area contributed by atoms with Crippen molar-refractivity contribution >= 4 is 17.6 Å². The molecular weight excluding hydrogens is 337 g/mol. The van der Waals surface area contributed by atoms with Gasteiger partial charge in [-0.1, -0.05) is 35.9 Å². The van der Waals surface area contributed by atoms with Crippen LogP contribution in [0.5, 0.6) is 5.75 Å². The number of ether oxygens (including phenoxy) is 1. The molecule has 0 spiro atoms. The molecule has 2 rings (SSSR count). The number of alkyl halides is 3. The molecule has 1 atom stereocenters. The fraction of sp³-hybridized carbons (Fsp3) is 0.133. The first kappa shape index (κ1) is 17.1. The minimum atomic E-state index is -4.89. The molecule has 0 aliphatic carbocycles. The van der Waals surface area contributed by atoms with Gasteiger partial charge >= 0.3 is 12.3 Å². The van der Waals surface area contributed by atoms with Crippen molar-refractivity contribution in [3.63, 3.8) is 0 Å². The zero-order valence-electron chi connectivity index (χ0n) is 11.3. The van der Waals surface area contributed by atoms with Gasteiger partial charge in [0.25, 0.3) is 0 Å². The van der Waals surface area contributed by atoms with Crippen molar-refractivity contribution in [1.29, 1.82) is 0 Å². The van der Waals surface area contributed by atoms with Gasteiger partial charge in [0.05, 0.1) is 0 Å². The number of aliphatic hydroxyl groups excluding tert-OH is 1. The smallest absolute Gasteiger partial charge is 0.479 e. The molecule has 0 bridgehead atoms. The lowest BCUT2D eigenvalue weighted by molar-refractivity contribution is -0.274. The topological polar surface area (TPSA) is 66.8 Å². The van der Waals surface area contributed by atoms with Crippen LogP contribution in [0.25, 0.3) is 11.1 Å². The van der Waals surface area contributed by atoms with Gasteiger partial charge in [0.2, 0.25) is 0 Å². The Bertz CT molecular complexity index is 731. The van der Waals surface area contributed by atoms with E-state index in [1.54, 1.807) is 0 Å². The molecule has 2 aromatic rings. The van der Waals surface area contributed by atoms with Crippen LogP contribution < -0.4 is 4.74 Å². The quantitative estimate of drug-likeness (QED) is 0.877. The van der Waals surface area contributed by atoms with Crippen LogP contribution in [0.2, 0.25) is 5.02 Å². The van der Waals surface area contributed by atoms with Gasteiger partial charge in [0.15, 0.2) is 6.10 Å². The van der Waals surface area contributed by atoms with E-state index < -0.39 is 24.2 Å². The largest absolute Gasteiger partial charge is 0.573 e. The second-order valence-electron chi connectivity index (χ2n) is 4.52. The number of carboxylic acid groups (broad SMARTS) is 1. The van der Waals surface area contributed by atoms with E-state index in [4.69, 9.17) is 16.7 Å². The number of benzene rings is 2. The van der Waals surface area contributed by atoms with Gasteiger partial charge in [-0.2, -0.15) is 0 Å². The van der Waals surface area contributed by atoms with E-state index >= 15 is 0 Å². The molecule has 0 saturated carbocycles. The Balaban J connectivity index is 2.54. The molecule has 0 amide bonds. The van der Waals surface area contributed by atoms with Crippen LogP contribution in [0.3, 0.4) is 0 Å². The first-order chi connectivity index (χ1) is 10.7. The van der Waals surface area contributed by atoms with Gasteiger partial charge in [-0.3, -0.25) is 0 Å². The van der Waals surface area contributed by atoms with Crippen molar-refractivity contribution in [2.24, 2.45) is 0 Å². The third-order valence-corrected chi connectivity index (χ3v) is 3.27. The normalized spacial score (nSPS) is 12.7. The maximum Gasteiger partial charge on any atom is 0.573 e. The second-order valence-corrected chi connectivity index (χ2v) is 4.93. The molecule has 2 aromatic carbocycles. The maximum atomic E-state index is 12.5. The Morgan fingerprint density at radius 3 is 2.39 bits per heavy atom. The minimum Gasteiger partial charge on any atom is -0.479 e. The van der Waals surface area contributed by atoms with Crippen LogP contribution in [0.4, 0.5) is 13.2 Å². The Labute approximate surface area is 133 Å². The van der Waals surface area contributed by atoms with Crippen molar-refractivity contribution in [3.05, 3.63) is 53.1 Å². The predicted molar refractivity (Wildman–Crippen MR) is 76.2 cm³/mol. The van der Waals surface area contributed by atoms with Gasteiger partial charge < -0.3 is 14.9 Å². The summed E-state index contributed by atoms with van der Waals surface area (Å²) in [5.74, 6) is -1.97. The third-order valence-electron chi connectivity index (χ3n) is 2.94. The summed E-state index contributed by atoms with van der Waals surface area (Å²) in [7, 11) is 0. The average Bonchev–Trinajstić information content (AvgIpc) is 2.46. The molecule has 0 aliphatic heterocycles. The van der Waals surface area contributed by atoms with Crippen molar-refractivity contribution in [2.45, 2.75) is 12.5 Å². The number of aliphatic hydroxyl groups is 1. The lowest BCUT2D eigenvalue weighted by atomic mass is 10.00. The van der Waals surface area contributed by atoms with Crippen LogP contribution in [-0.4, -0.2) is 22.5 Å². The monoisotopic (exact) mass is 346 g/mol. The predicted octanol–water partition coefficient (Wildman–Crippen LogP) is 4.02. The first-order valence-electron chi connectivity index (χ1n) is 6.24. The third kappa shape index (κ3) is 4.14. The van der Waals surface area contributed by atoms with E-state index in [-0.39, 0.29) is 21.7 Å². The first-order valence-corrected chi connectivity index (χ1v) is 6.62. The number of halogens is 4. The van der Waals surface area contributed by atoms with E-state index in [0.29, 0.717) is 0 Å². The Hall–Kier alpha value is -2.25. The number of carbonyl (C=O) groups is 1. The Morgan fingerprint density at radius 1 is 1.13 bits per heavy atom. The molecule has 0 aromatic heterocycles. The van der Waals surface area contributed by atoms with Gasteiger partial charge in [0, 0.05) is 16.1 Å². The number of para-hydroxylation sites is 1. The zero-order chi connectivity index (χ0) is 17.2. The highest BCUT2D eigenvalue weighted by atomic mass is 35.5. The standard InChI is InChI=1S/C15H10ClF3O4/c16-11-6-5-8(13(20)14(21)22)7-10(11)9-3-1-2-4-12(9)23-15(17,18)19/h1-7,13,20H,(H,21,22). The highest BCUT2D eigenvalue weighted by Gasteiger charge is 2.32. The number of aliphatic carboxylic acids is 1. The molecule has 2 N–H and O–H groups in total. The highest BCUT2D eigenvalue weighted by molar-refractivity contribution is 6.33. The van der Waals surface area contributed by atoms with E-state index in [1.165, 1.54) is 36.4 Å². The molecule has 4 nitrogen and oxygen atoms in total. The number of hydrogen-bond acceptors (Lipinski definition) is 3. The summed E-state index contributed by atoms with van der Waals surface area (Å²) in [5.41, 5.74) is 0.122. The summed E-state index contributed by atoms with van der Waals surface area (Å²) in [4.78, 5) is 10.8. The molecular formula is C15H10ClF3O4. The summed E-state index contributed by atoms with van der Waals surface area (Å²) < 4.78 is 41.4. The van der Waals surface area contributed by atoms with Crippen molar-refractivity contribution < 1.29 is 32.9 Å². The summed E-state index contributed by atoms with van der Waals surface area (Å²) in [6.45, 7) is 0. The van der Waals surface area contributed by atoms with Crippen LogP contribution >= 0.6 is 11.6 Å². The van der Waals surface area contributed by atoms with Crippen molar-refractivity contribution in [1.82, 2.24) is 0 Å². The fourth-order valence-corrected chi connectivity index (χ4v) is 2.18. The van der Waals surface area contributed by atoms with Gasteiger partial charge in [0.1, 0.15) is 5.75 Å². The highest BCUT2D eigenvalue weighted by Crippen LogP contribution is 2.38. The van der Waals surface area contributed by atoms with Crippen LogP contribution in [0.1, 0.15) is 11.7 Å². The lowest BCUT2D eigenvalue weighted by Gasteiger charge is -2.15. The summed E-state index contributed by atoms with van der Waals surface area (Å²) in [5, 5.41) is 18.5. The second kappa shape index (κ2) is 6.47. The molecule has 122 valence electrons. The fourth-order valence-electron chi connectivity index (χ4n) is 1.96. The Kier molecular flexibility index (Phi) is 4.82. The van der Waals surface area contributed by atoms with Gasteiger partial charge in [-0.25, -0.2) is 4.79 Å². The minimum absolute atomic E-state index is 0.0151. The summed E-state index contributed by atoms with van der Waals surface area (Å²) >= 11 is 5.99. The lowest BCUT2D eigenvalue weighted by Crippen LogP contribution is -2.17. The molecule has 1 unspecified atom stereocenters. The molecule has 8 heteroatoms.